The van der Waals surface area contributed by atoms with Crippen LogP contribution in [0.5, 0.6) is 0 Å². The molecule has 1 saturated carbocycles. The van der Waals surface area contributed by atoms with Crippen molar-refractivity contribution in [1.29, 1.82) is 0 Å². The summed E-state index contributed by atoms with van der Waals surface area (Å²) in [5.41, 5.74) is 6.64. The molecular formula is C16H23N3O2. The second kappa shape index (κ2) is 7.11. The number of amides is 1. The van der Waals surface area contributed by atoms with Gasteiger partial charge in [-0.1, -0.05) is 43.5 Å². The van der Waals surface area contributed by atoms with Gasteiger partial charge in [0.25, 0.3) is 5.91 Å². The van der Waals surface area contributed by atoms with Gasteiger partial charge in [0.15, 0.2) is 5.84 Å². The van der Waals surface area contributed by atoms with Crippen LogP contribution in [0, 0.1) is 5.92 Å². The van der Waals surface area contributed by atoms with Crippen molar-refractivity contribution < 1.29 is 10.0 Å². The highest BCUT2D eigenvalue weighted by molar-refractivity contribution is 6.01. The first kappa shape index (κ1) is 15.4. The van der Waals surface area contributed by atoms with Crippen molar-refractivity contribution in [3.05, 3.63) is 35.4 Å². The fraction of sp³-hybridized carbons (Fsp3) is 0.500. The summed E-state index contributed by atoms with van der Waals surface area (Å²) in [6, 6.07) is 7.09. The molecule has 114 valence electrons. The predicted octanol–water partition coefficient (Wildman–Crippen LogP) is 2.48. The fourth-order valence-electron chi connectivity index (χ4n) is 3.02. The Kier molecular flexibility index (Phi) is 5.20. The molecule has 0 aromatic heterocycles. The Labute approximate surface area is 125 Å². The van der Waals surface area contributed by atoms with Gasteiger partial charge >= 0.3 is 0 Å². The van der Waals surface area contributed by atoms with Gasteiger partial charge in [-0.2, -0.15) is 0 Å². The van der Waals surface area contributed by atoms with Crippen molar-refractivity contribution in [1.82, 2.24) is 5.32 Å². The molecule has 1 amide bonds. The van der Waals surface area contributed by atoms with Crippen LogP contribution in [0.1, 0.15) is 54.9 Å². The molecule has 0 spiro atoms. The van der Waals surface area contributed by atoms with E-state index >= 15 is 0 Å². The zero-order valence-electron chi connectivity index (χ0n) is 12.4. The quantitative estimate of drug-likeness (QED) is 0.344. The average molecular weight is 289 g/mol. The first-order valence-corrected chi connectivity index (χ1v) is 7.54. The van der Waals surface area contributed by atoms with E-state index in [0.29, 0.717) is 17.0 Å². The van der Waals surface area contributed by atoms with Crippen LogP contribution in [0.25, 0.3) is 0 Å². The number of benzene rings is 1. The van der Waals surface area contributed by atoms with Gasteiger partial charge in [0.1, 0.15) is 0 Å². The van der Waals surface area contributed by atoms with Crippen LogP contribution in [0.3, 0.4) is 0 Å². The molecule has 5 nitrogen and oxygen atoms in total. The molecule has 0 heterocycles. The monoisotopic (exact) mass is 289 g/mol. The lowest BCUT2D eigenvalue weighted by Crippen LogP contribution is -2.42. The van der Waals surface area contributed by atoms with Gasteiger partial charge in [-0.3, -0.25) is 4.79 Å². The number of nitrogens with zero attached hydrogens (tertiary/aromatic N) is 1. The van der Waals surface area contributed by atoms with Gasteiger partial charge in [0, 0.05) is 17.2 Å². The molecule has 1 aromatic carbocycles. The van der Waals surface area contributed by atoms with Crippen LogP contribution < -0.4 is 11.1 Å². The number of nitrogens with two attached hydrogens (primary N) is 1. The summed E-state index contributed by atoms with van der Waals surface area (Å²) < 4.78 is 0. The molecule has 0 aliphatic heterocycles. The van der Waals surface area contributed by atoms with Crippen molar-refractivity contribution in [3.8, 4) is 0 Å². The van der Waals surface area contributed by atoms with Crippen molar-refractivity contribution in [2.75, 3.05) is 0 Å². The zero-order chi connectivity index (χ0) is 15.2. The molecule has 1 aliphatic rings. The molecule has 0 saturated heterocycles. The van der Waals surface area contributed by atoms with Crippen molar-refractivity contribution in [3.63, 3.8) is 0 Å². The molecule has 1 fully saturated rings. The van der Waals surface area contributed by atoms with Gasteiger partial charge in [0.2, 0.25) is 0 Å². The summed E-state index contributed by atoms with van der Waals surface area (Å²) in [6.45, 7) is 2.17. The molecule has 0 radical (unpaired) electrons. The first-order chi connectivity index (χ1) is 10.2. The molecule has 2 rings (SSSR count). The molecule has 0 bridgehead atoms. The summed E-state index contributed by atoms with van der Waals surface area (Å²) >= 11 is 0. The summed E-state index contributed by atoms with van der Waals surface area (Å²) in [4.78, 5) is 12.4. The minimum atomic E-state index is -0.0899. The molecule has 21 heavy (non-hydrogen) atoms. The third-order valence-electron chi connectivity index (χ3n) is 4.28. The Balaban J connectivity index is 2.09. The molecule has 4 N–H and O–H groups in total. The number of carbonyl (C=O) groups is 1. The number of hydrogen-bond acceptors (Lipinski definition) is 3. The third kappa shape index (κ3) is 3.74. The number of carbonyl (C=O) groups excluding carboxylic acids is 1. The Morgan fingerprint density at radius 1 is 1.38 bits per heavy atom. The maximum atomic E-state index is 12.4. The molecular weight excluding hydrogens is 266 g/mol. The molecule has 2 atom stereocenters. The topological polar surface area (TPSA) is 87.7 Å². The standard InChI is InChI=1S/C16H23N3O2/c1-2-11-6-3-4-9-14(11)18-16(20)13-8-5-7-12(10-13)15(17)19-21/h5,7-8,10-11,14,21H,2-4,6,9H2,1H3,(H2,17,19)(H,18,20). The minimum absolute atomic E-state index is 0.00810. The molecule has 5 heteroatoms. The lowest BCUT2D eigenvalue weighted by Gasteiger charge is -2.31. The Morgan fingerprint density at radius 3 is 2.81 bits per heavy atom. The Morgan fingerprint density at radius 2 is 2.10 bits per heavy atom. The van der Waals surface area contributed by atoms with E-state index in [1.807, 2.05) is 0 Å². The Bertz CT molecular complexity index is 528. The van der Waals surface area contributed by atoms with Crippen LogP contribution >= 0.6 is 0 Å². The highest BCUT2D eigenvalue weighted by Crippen LogP contribution is 2.27. The fourth-order valence-corrected chi connectivity index (χ4v) is 3.02. The molecule has 2 unspecified atom stereocenters. The minimum Gasteiger partial charge on any atom is -0.409 e. The van der Waals surface area contributed by atoms with E-state index in [2.05, 4.69) is 17.4 Å². The lowest BCUT2D eigenvalue weighted by atomic mass is 9.83. The summed E-state index contributed by atoms with van der Waals surface area (Å²) in [6.07, 6.45) is 5.75. The van der Waals surface area contributed by atoms with E-state index in [9.17, 15) is 4.79 Å². The number of nitrogens with one attached hydrogen (secondary N) is 1. The first-order valence-electron chi connectivity index (χ1n) is 7.54. The highest BCUT2D eigenvalue weighted by Gasteiger charge is 2.25. The SMILES string of the molecule is CCC1CCCCC1NC(=O)c1cccc(C(N)=NO)c1. The highest BCUT2D eigenvalue weighted by atomic mass is 16.4. The number of oxime groups is 1. The molecule has 1 aliphatic carbocycles. The second-order valence-electron chi connectivity index (χ2n) is 5.60. The normalized spacial score (nSPS) is 22.8. The van der Waals surface area contributed by atoms with Crippen LogP contribution in [-0.4, -0.2) is 23.0 Å². The van der Waals surface area contributed by atoms with E-state index in [0.717, 1.165) is 12.8 Å². The maximum absolute atomic E-state index is 12.4. The number of hydrogen-bond donors (Lipinski definition) is 3. The van der Waals surface area contributed by atoms with Crippen molar-refractivity contribution in [2.45, 2.75) is 45.1 Å². The van der Waals surface area contributed by atoms with Gasteiger partial charge < -0.3 is 16.3 Å². The van der Waals surface area contributed by atoms with Crippen LogP contribution in [0.15, 0.2) is 29.4 Å². The van der Waals surface area contributed by atoms with Crippen LogP contribution in [0.4, 0.5) is 0 Å². The molecule has 1 aromatic rings. The lowest BCUT2D eigenvalue weighted by molar-refractivity contribution is 0.0904. The number of amidine groups is 1. The zero-order valence-corrected chi connectivity index (χ0v) is 12.4. The maximum Gasteiger partial charge on any atom is 0.251 e. The van der Waals surface area contributed by atoms with Gasteiger partial charge in [-0.15, -0.1) is 0 Å². The Hall–Kier alpha value is -2.04. The summed E-state index contributed by atoms with van der Waals surface area (Å²) in [5.74, 6) is 0.483. The largest absolute Gasteiger partial charge is 0.409 e. The van der Waals surface area contributed by atoms with Gasteiger partial charge in [0.05, 0.1) is 0 Å². The third-order valence-corrected chi connectivity index (χ3v) is 4.28. The van der Waals surface area contributed by atoms with E-state index in [1.54, 1.807) is 24.3 Å². The van der Waals surface area contributed by atoms with E-state index in [4.69, 9.17) is 10.9 Å². The van der Waals surface area contributed by atoms with Gasteiger partial charge in [-0.05, 0) is 30.9 Å². The van der Waals surface area contributed by atoms with E-state index in [1.165, 1.54) is 19.3 Å². The van der Waals surface area contributed by atoms with E-state index in [-0.39, 0.29) is 17.8 Å². The number of rotatable bonds is 4. The summed E-state index contributed by atoms with van der Waals surface area (Å²) in [5, 5.41) is 14.8. The summed E-state index contributed by atoms with van der Waals surface area (Å²) in [7, 11) is 0. The average Bonchev–Trinajstić information content (AvgIpc) is 2.54. The predicted molar refractivity (Wildman–Crippen MR) is 82.5 cm³/mol. The smallest absolute Gasteiger partial charge is 0.251 e. The van der Waals surface area contributed by atoms with Crippen molar-refractivity contribution in [2.24, 2.45) is 16.8 Å². The van der Waals surface area contributed by atoms with Gasteiger partial charge in [-0.25, -0.2) is 0 Å². The van der Waals surface area contributed by atoms with Crippen LogP contribution in [-0.2, 0) is 0 Å². The second-order valence-corrected chi connectivity index (χ2v) is 5.60. The van der Waals surface area contributed by atoms with Crippen molar-refractivity contribution >= 4 is 11.7 Å². The van der Waals surface area contributed by atoms with E-state index < -0.39 is 0 Å². The van der Waals surface area contributed by atoms with Crippen LogP contribution in [0.2, 0.25) is 0 Å².